The molecule has 0 saturated carbocycles. The van der Waals surface area contributed by atoms with Crippen LogP contribution in [0, 0.1) is 6.92 Å². The fraction of sp³-hybridized carbons (Fsp3) is 0.118. The molecule has 0 atom stereocenters. The van der Waals surface area contributed by atoms with Crippen LogP contribution in [0.3, 0.4) is 0 Å². The summed E-state index contributed by atoms with van der Waals surface area (Å²) in [5.74, 6) is 0.783. The fourth-order valence-corrected chi connectivity index (χ4v) is 2.35. The molecule has 21 heavy (non-hydrogen) atoms. The molecule has 3 aromatic rings. The average Bonchev–Trinajstić information content (AvgIpc) is 2.49. The number of benzene rings is 2. The van der Waals surface area contributed by atoms with E-state index in [0.717, 1.165) is 39.3 Å². The molecule has 0 aliphatic rings. The molecular weight excluding hydrogens is 262 g/mol. The minimum absolute atomic E-state index is 0.748. The van der Waals surface area contributed by atoms with Crippen molar-refractivity contribution in [2.45, 2.75) is 6.92 Å². The molecule has 4 heteroatoms. The van der Waals surface area contributed by atoms with E-state index in [4.69, 9.17) is 10.5 Å². The smallest absolute Gasteiger partial charge is 0.145 e. The lowest BCUT2D eigenvalue weighted by molar-refractivity contribution is 0.418. The van der Waals surface area contributed by atoms with Gasteiger partial charge < -0.3 is 15.8 Å². The number of anilines is 3. The predicted molar refractivity (Wildman–Crippen MR) is 87.2 cm³/mol. The number of ether oxygens (including phenoxy) is 1. The molecule has 1 heterocycles. The Labute approximate surface area is 123 Å². The minimum atomic E-state index is 0.748. The lowest BCUT2D eigenvalue weighted by Crippen LogP contribution is -1.95. The first-order chi connectivity index (χ1) is 10.2. The average molecular weight is 279 g/mol. The number of nitrogen functional groups attached to an aromatic ring is 1. The first-order valence-electron chi connectivity index (χ1n) is 6.73. The summed E-state index contributed by atoms with van der Waals surface area (Å²) in [5.41, 5.74) is 10.4. The Bertz CT molecular complexity index is 782. The van der Waals surface area contributed by atoms with E-state index >= 15 is 0 Å². The Morgan fingerprint density at radius 2 is 1.86 bits per heavy atom. The quantitative estimate of drug-likeness (QED) is 0.714. The zero-order valence-electron chi connectivity index (χ0n) is 12.1. The zero-order chi connectivity index (χ0) is 14.8. The van der Waals surface area contributed by atoms with Gasteiger partial charge in [0.05, 0.1) is 7.11 Å². The number of hydrogen-bond donors (Lipinski definition) is 2. The van der Waals surface area contributed by atoms with Crippen LogP contribution in [0.5, 0.6) is 5.75 Å². The number of hydrogen-bond acceptors (Lipinski definition) is 4. The van der Waals surface area contributed by atoms with Crippen LogP contribution in [0.2, 0.25) is 0 Å². The summed E-state index contributed by atoms with van der Waals surface area (Å²) in [7, 11) is 1.66. The van der Waals surface area contributed by atoms with Crippen molar-refractivity contribution >= 4 is 28.0 Å². The number of pyridine rings is 1. The van der Waals surface area contributed by atoms with Gasteiger partial charge in [0.15, 0.2) is 0 Å². The maximum absolute atomic E-state index is 5.71. The molecule has 0 aliphatic heterocycles. The third-order valence-corrected chi connectivity index (χ3v) is 3.36. The monoisotopic (exact) mass is 279 g/mol. The van der Waals surface area contributed by atoms with Gasteiger partial charge >= 0.3 is 0 Å². The lowest BCUT2D eigenvalue weighted by atomic mass is 10.1. The molecule has 0 radical (unpaired) electrons. The Morgan fingerprint density at radius 3 is 2.57 bits per heavy atom. The van der Waals surface area contributed by atoms with Crippen LogP contribution in [0.15, 0.2) is 48.7 Å². The van der Waals surface area contributed by atoms with Gasteiger partial charge in [0.25, 0.3) is 0 Å². The third-order valence-electron chi connectivity index (χ3n) is 3.36. The van der Waals surface area contributed by atoms with E-state index < -0.39 is 0 Å². The Balaban J connectivity index is 2.10. The summed E-state index contributed by atoms with van der Waals surface area (Å²) in [6, 6.07) is 13.7. The minimum Gasteiger partial charge on any atom is -0.494 e. The molecule has 106 valence electrons. The van der Waals surface area contributed by atoms with Crippen molar-refractivity contribution in [3.8, 4) is 5.75 Å². The summed E-state index contributed by atoms with van der Waals surface area (Å²) in [5, 5.41) is 4.44. The van der Waals surface area contributed by atoms with E-state index in [1.807, 2.05) is 43.3 Å². The molecule has 0 aliphatic carbocycles. The van der Waals surface area contributed by atoms with Gasteiger partial charge in [-0.05, 0) is 55.0 Å². The molecule has 1 aromatic heterocycles. The number of rotatable bonds is 3. The Kier molecular flexibility index (Phi) is 3.36. The molecule has 0 saturated heterocycles. The largest absolute Gasteiger partial charge is 0.494 e. The second-order valence-electron chi connectivity index (χ2n) is 4.97. The van der Waals surface area contributed by atoms with Crippen molar-refractivity contribution in [1.29, 1.82) is 0 Å². The van der Waals surface area contributed by atoms with Crippen molar-refractivity contribution in [2.24, 2.45) is 0 Å². The van der Waals surface area contributed by atoms with Gasteiger partial charge in [0.1, 0.15) is 11.3 Å². The van der Waals surface area contributed by atoms with Crippen LogP contribution >= 0.6 is 0 Å². The second-order valence-corrected chi connectivity index (χ2v) is 4.97. The van der Waals surface area contributed by atoms with Gasteiger partial charge in [-0.25, -0.2) is 0 Å². The maximum Gasteiger partial charge on any atom is 0.145 e. The number of nitrogens with zero attached hydrogens (tertiary/aromatic N) is 1. The van der Waals surface area contributed by atoms with Crippen LogP contribution in [0.4, 0.5) is 17.1 Å². The van der Waals surface area contributed by atoms with Crippen LogP contribution in [0.1, 0.15) is 5.56 Å². The molecular formula is C17H17N3O. The van der Waals surface area contributed by atoms with Gasteiger partial charge in [-0.2, -0.15) is 0 Å². The van der Waals surface area contributed by atoms with Gasteiger partial charge in [0.2, 0.25) is 0 Å². The third kappa shape index (κ3) is 2.60. The van der Waals surface area contributed by atoms with Gasteiger partial charge in [-0.3, -0.25) is 4.98 Å². The first-order valence-corrected chi connectivity index (χ1v) is 6.73. The summed E-state index contributed by atoms with van der Waals surface area (Å²) in [6.07, 6.45) is 1.78. The molecule has 0 bridgehead atoms. The van der Waals surface area contributed by atoms with Crippen molar-refractivity contribution in [2.75, 3.05) is 18.2 Å². The SMILES string of the molecule is COc1cc(C)cc2c(Nc3ccc(N)cc3)ccnc12. The van der Waals surface area contributed by atoms with Crippen LogP contribution in [0.25, 0.3) is 10.9 Å². The van der Waals surface area contributed by atoms with Gasteiger partial charge in [0, 0.05) is 28.6 Å². The highest BCUT2D eigenvalue weighted by Crippen LogP contribution is 2.32. The highest BCUT2D eigenvalue weighted by molar-refractivity contribution is 5.96. The van der Waals surface area contributed by atoms with E-state index in [2.05, 4.69) is 16.4 Å². The van der Waals surface area contributed by atoms with E-state index in [9.17, 15) is 0 Å². The van der Waals surface area contributed by atoms with Crippen molar-refractivity contribution in [3.63, 3.8) is 0 Å². The molecule has 3 rings (SSSR count). The van der Waals surface area contributed by atoms with E-state index in [1.165, 1.54) is 0 Å². The number of aryl methyl sites for hydroxylation is 1. The lowest BCUT2D eigenvalue weighted by Gasteiger charge is -2.12. The number of methoxy groups -OCH3 is 1. The summed E-state index contributed by atoms with van der Waals surface area (Å²) in [6.45, 7) is 2.04. The Morgan fingerprint density at radius 1 is 1.10 bits per heavy atom. The number of fused-ring (bicyclic) bond motifs is 1. The van der Waals surface area contributed by atoms with Crippen molar-refractivity contribution in [1.82, 2.24) is 4.98 Å². The zero-order valence-corrected chi connectivity index (χ0v) is 12.1. The van der Waals surface area contributed by atoms with E-state index in [-0.39, 0.29) is 0 Å². The highest BCUT2D eigenvalue weighted by Gasteiger charge is 2.08. The van der Waals surface area contributed by atoms with E-state index in [1.54, 1.807) is 13.3 Å². The van der Waals surface area contributed by atoms with E-state index in [0.29, 0.717) is 0 Å². The summed E-state index contributed by atoms with van der Waals surface area (Å²) < 4.78 is 5.42. The van der Waals surface area contributed by atoms with Crippen molar-refractivity contribution in [3.05, 3.63) is 54.2 Å². The number of nitrogens with one attached hydrogen (secondary N) is 1. The molecule has 0 fully saturated rings. The maximum atomic E-state index is 5.71. The fourth-order valence-electron chi connectivity index (χ4n) is 2.35. The van der Waals surface area contributed by atoms with Gasteiger partial charge in [-0.1, -0.05) is 0 Å². The Hall–Kier alpha value is -2.75. The molecule has 2 aromatic carbocycles. The molecule has 0 spiro atoms. The molecule has 3 N–H and O–H groups in total. The van der Waals surface area contributed by atoms with Crippen LogP contribution in [-0.2, 0) is 0 Å². The van der Waals surface area contributed by atoms with Gasteiger partial charge in [-0.15, -0.1) is 0 Å². The topological polar surface area (TPSA) is 60.2 Å². The highest BCUT2D eigenvalue weighted by atomic mass is 16.5. The second kappa shape index (κ2) is 5.32. The standard InChI is InChI=1S/C17H17N3O/c1-11-9-14-15(20-13-5-3-12(18)4-6-13)7-8-19-17(14)16(10-11)21-2/h3-10H,18H2,1-2H3,(H,19,20). The molecule has 0 unspecified atom stereocenters. The predicted octanol–water partition coefficient (Wildman–Crippen LogP) is 3.88. The van der Waals surface area contributed by atoms with Crippen LogP contribution < -0.4 is 15.8 Å². The first kappa shape index (κ1) is 13.2. The molecule has 0 amide bonds. The normalized spacial score (nSPS) is 10.6. The van der Waals surface area contributed by atoms with Crippen molar-refractivity contribution < 1.29 is 4.74 Å². The van der Waals surface area contributed by atoms with Crippen LogP contribution in [-0.4, -0.2) is 12.1 Å². The number of aromatic nitrogens is 1. The summed E-state index contributed by atoms with van der Waals surface area (Å²) >= 11 is 0. The number of nitrogens with two attached hydrogens (primary N) is 1. The molecule has 4 nitrogen and oxygen atoms in total. The summed E-state index contributed by atoms with van der Waals surface area (Å²) in [4.78, 5) is 4.42.